The van der Waals surface area contributed by atoms with Crippen LogP contribution in [0.3, 0.4) is 0 Å². The standard InChI is InChI=1S/C16H26N4O/c1-2-12(11-6-4-3-5-7-11)20-16(21)14-8-13-15(9-17-14)19-10-18-13/h10-12,14,17H,2-9H2,1H3,(H,18,19)(H,20,21). The van der Waals surface area contributed by atoms with Crippen molar-refractivity contribution in [2.45, 2.75) is 70.5 Å². The molecule has 1 aromatic heterocycles. The van der Waals surface area contributed by atoms with Crippen LogP contribution in [0, 0.1) is 5.92 Å². The number of fused-ring (bicyclic) bond motifs is 1. The number of H-pyrrole nitrogens is 1. The van der Waals surface area contributed by atoms with Gasteiger partial charge in [-0.2, -0.15) is 0 Å². The third kappa shape index (κ3) is 3.28. The minimum absolute atomic E-state index is 0.140. The molecule has 2 aliphatic rings. The summed E-state index contributed by atoms with van der Waals surface area (Å²) in [6.07, 6.45) is 9.94. The quantitative estimate of drug-likeness (QED) is 0.793. The van der Waals surface area contributed by atoms with Crippen LogP contribution < -0.4 is 10.6 Å². The minimum atomic E-state index is -0.140. The summed E-state index contributed by atoms with van der Waals surface area (Å²) >= 11 is 0. The van der Waals surface area contributed by atoms with Crippen molar-refractivity contribution in [3.63, 3.8) is 0 Å². The number of aromatic nitrogens is 2. The van der Waals surface area contributed by atoms with E-state index >= 15 is 0 Å². The van der Waals surface area contributed by atoms with E-state index in [9.17, 15) is 4.79 Å². The number of nitrogens with one attached hydrogen (secondary N) is 3. The maximum Gasteiger partial charge on any atom is 0.237 e. The van der Waals surface area contributed by atoms with Crippen LogP contribution in [0.4, 0.5) is 0 Å². The molecule has 0 radical (unpaired) electrons. The van der Waals surface area contributed by atoms with Crippen molar-refractivity contribution in [3.05, 3.63) is 17.7 Å². The summed E-state index contributed by atoms with van der Waals surface area (Å²) in [6.45, 7) is 2.88. The Balaban J connectivity index is 1.57. The molecule has 2 heterocycles. The van der Waals surface area contributed by atoms with E-state index in [-0.39, 0.29) is 11.9 Å². The average molecular weight is 290 g/mol. The van der Waals surface area contributed by atoms with E-state index in [1.54, 1.807) is 6.33 Å². The molecule has 1 saturated carbocycles. The first-order valence-electron chi connectivity index (χ1n) is 8.32. The van der Waals surface area contributed by atoms with Crippen molar-refractivity contribution in [3.8, 4) is 0 Å². The Morgan fingerprint density at radius 3 is 3.00 bits per heavy atom. The zero-order valence-electron chi connectivity index (χ0n) is 12.8. The summed E-state index contributed by atoms with van der Waals surface area (Å²) in [5, 5.41) is 6.60. The molecule has 1 aliphatic carbocycles. The maximum atomic E-state index is 12.5. The fraction of sp³-hybridized carbons (Fsp3) is 0.750. The van der Waals surface area contributed by atoms with Crippen LogP contribution in [0.5, 0.6) is 0 Å². The molecule has 2 unspecified atom stereocenters. The average Bonchev–Trinajstić information content (AvgIpc) is 3.00. The third-order valence-electron chi connectivity index (χ3n) is 5.03. The predicted octanol–water partition coefficient (Wildman–Crippen LogP) is 1.90. The van der Waals surface area contributed by atoms with Gasteiger partial charge in [0.1, 0.15) is 0 Å². The molecule has 1 fully saturated rings. The highest BCUT2D eigenvalue weighted by molar-refractivity contribution is 5.82. The summed E-state index contributed by atoms with van der Waals surface area (Å²) in [5.74, 6) is 0.804. The van der Waals surface area contributed by atoms with Crippen LogP contribution in [0.1, 0.15) is 56.8 Å². The van der Waals surface area contributed by atoms with Gasteiger partial charge in [0, 0.05) is 19.0 Å². The van der Waals surface area contributed by atoms with Crippen LogP contribution in [0.25, 0.3) is 0 Å². The van der Waals surface area contributed by atoms with Crippen molar-refractivity contribution in [1.82, 2.24) is 20.6 Å². The van der Waals surface area contributed by atoms with Crippen LogP contribution in [-0.4, -0.2) is 28.0 Å². The molecule has 0 aromatic carbocycles. The van der Waals surface area contributed by atoms with E-state index in [4.69, 9.17) is 0 Å². The lowest BCUT2D eigenvalue weighted by Gasteiger charge is -2.32. The summed E-state index contributed by atoms with van der Waals surface area (Å²) in [4.78, 5) is 19.9. The molecule has 3 N–H and O–H groups in total. The Morgan fingerprint density at radius 1 is 1.43 bits per heavy atom. The van der Waals surface area contributed by atoms with Gasteiger partial charge in [0.15, 0.2) is 0 Å². The Morgan fingerprint density at radius 2 is 2.24 bits per heavy atom. The zero-order valence-corrected chi connectivity index (χ0v) is 12.8. The highest BCUT2D eigenvalue weighted by atomic mass is 16.2. The Hall–Kier alpha value is -1.36. The molecular weight excluding hydrogens is 264 g/mol. The van der Waals surface area contributed by atoms with E-state index in [0.29, 0.717) is 24.9 Å². The van der Waals surface area contributed by atoms with Crippen LogP contribution >= 0.6 is 0 Å². The molecule has 5 nitrogen and oxygen atoms in total. The van der Waals surface area contributed by atoms with Gasteiger partial charge < -0.3 is 10.3 Å². The van der Waals surface area contributed by atoms with Gasteiger partial charge in [0.25, 0.3) is 0 Å². The van der Waals surface area contributed by atoms with Gasteiger partial charge in [-0.05, 0) is 25.2 Å². The first kappa shape index (κ1) is 14.6. The summed E-state index contributed by atoms with van der Waals surface area (Å²) in [5.41, 5.74) is 2.14. The summed E-state index contributed by atoms with van der Waals surface area (Å²) in [7, 11) is 0. The maximum absolute atomic E-state index is 12.5. The number of carbonyl (C=O) groups excluding carboxylic acids is 1. The number of aromatic amines is 1. The lowest BCUT2D eigenvalue weighted by Crippen LogP contribution is -2.52. The van der Waals surface area contributed by atoms with Gasteiger partial charge in [-0.1, -0.05) is 26.2 Å². The minimum Gasteiger partial charge on any atom is -0.352 e. The largest absolute Gasteiger partial charge is 0.352 e. The molecule has 0 saturated heterocycles. The molecule has 1 aromatic rings. The molecule has 0 bridgehead atoms. The first-order valence-corrected chi connectivity index (χ1v) is 8.32. The van der Waals surface area contributed by atoms with Crippen molar-refractivity contribution in [2.24, 2.45) is 5.92 Å². The molecular formula is C16H26N4O. The van der Waals surface area contributed by atoms with Crippen molar-refractivity contribution < 1.29 is 4.79 Å². The topological polar surface area (TPSA) is 69.8 Å². The van der Waals surface area contributed by atoms with Crippen LogP contribution in [0.15, 0.2) is 6.33 Å². The number of hydrogen-bond donors (Lipinski definition) is 3. The Bertz CT molecular complexity index is 478. The zero-order chi connectivity index (χ0) is 14.7. The lowest BCUT2D eigenvalue weighted by molar-refractivity contribution is -0.124. The van der Waals surface area contributed by atoms with E-state index in [1.165, 1.54) is 32.1 Å². The first-order chi connectivity index (χ1) is 10.3. The van der Waals surface area contributed by atoms with Crippen molar-refractivity contribution in [1.29, 1.82) is 0 Å². The van der Waals surface area contributed by atoms with Gasteiger partial charge in [-0.25, -0.2) is 4.98 Å². The molecule has 0 spiro atoms. The number of rotatable bonds is 4. The van der Waals surface area contributed by atoms with Gasteiger partial charge in [-0.3, -0.25) is 10.1 Å². The smallest absolute Gasteiger partial charge is 0.237 e. The normalized spacial score (nSPS) is 24.3. The van der Waals surface area contributed by atoms with Gasteiger partial charge in [-0.15, -0.1) is 0 Å². The van der Waals surface area contributed by atoms with Crippen LogP contribution in [0.2, 0.25) is 0 Å². The molecule has 1 aliphatic heterocycles. The van der Waals surface area contributed by atoms with Crippen LogP contribution in [-0.2, 0) is 17.8 Å². The highest BCUT2D eigenvalue weighted by Gasteiger charge is 2.29. The molecule has 2 atom stereocenters. The molecule has 5 heteroatoms. The Kier molecular flexibility index (Phi) is 4.58. The molecule has 116 valence electrons. The summed E-state index contributed by atoms with van der Waals surface area (Å²) in [6, 6.07) is 0.193. The van der Waals surface area contributed by atoms with E-state index in [2.05, 4.69) is 27.5 Å². The summed E-state index contributed by atoms with van der Waals surface area (Å²) < 4.78 is 0. The van der Waals surface area contributed by atoms with E-state index in [1.807, 2.05) is 0 Å². The van der Waals surface area contributed by atoms with Crippen molar-refractivity contribution >= 4 is 5.91 Å². The van der Waals surface area contributed by atoms with E-state index in [0.717, 1.165) is 17.8 Å². The number of carbonyl (C=O) groups is 1. The molecule has 3 rings (SSSR count). The number of nitrogens with zero attached hydrogens (tertiary/aromatic N) is 1. The lowest BCUT2D eigenvalue weighted by atomic mass is 9.82. The number of hydrogen-bond acceptors (Lipinski definition) is 3. The van der Waals surface area contributed by atoms with Crippen molar-refractivity contribution in [2.75, 3.05) is 0 Å². The number of amides is 1. The van der Waals surface area contributed by atoms with Gasteiger partial charge in [0.05, 0.1) is 23.8 Å². The molecule has 21 heavy (non-hydrogen) atoms. The highest BCUT2D eigenvalue weighted by Crippen LogP contribution is 2.27. The van der Waals surface area contributed by atoms with Gasteiger partial charge >= 0.3 is 0 Å². The second-order valence-corrected chi connectivity index (χ2v) is 6.39. The van der Waals surface area contributed by atoms with Gasteiger partial charge in [0.2, 0.25) is 5.91 Å². The monoisotopic (exact) mass is 290 g/mol. The fourth-order valence-electron chi connectivity index (χ4n) is 3.73. The second-order valence-electron chi connectivity index (χ2n) is 6.39. The number of imidazole rings is 1. The fourth-order valence-corrected chi connectivity index (χ4v) is 3.73. The predicted molar refractivity (Wildman–Crippen MR) is 81.7 cm³/mol. The third-order valence-corrected chi connectivity index (χ3v) is 5.03. The Labute approximate surface area is 126 Å². The van der Waals surface area contributed by atoms with E-state index < -0.39 is 0 Å². The second kappa shape index (κ2) is 6.60. The SMILES string of the molecule is CCC(NC(=O)C1Cc2nc[nH]c2CN1)C1CCCCC1. The molecule has 1 amide bonds.